The van der Waals surface area contributed by atoms with Gasteiger partial charge in [-0.3, -0.25) is 4.79 Å². The monoisotopic (exact) mass is 379 g/mol. The van der Waals surface area contributed by atoms with Gasteiger partial charge in [0.1, 0.15) is 12.0 Å². The van der Waals surface area contributed by atoms with Crippen LogP contribution >= 0.6 is 0 Å². The summed E-state index contributed by atoms with van der Waals surface area (Å²) in [4.78, 5) is 21.2. The van der Waals surface area contributed by atoms with Crippen molar-refractivity contribution >= 4 is 17.4 Å². The summed E-state index contributed by atoms with van der Waals surface area (Å²) in [5.74, 6) is 0.302. The van der Waals surface area contributed by atoms with Crippen molar-refractivity contribution in [2.45, 2.75) is 30.7 Å². The molecule has 6 rings (SSSR count). The summed E-state index contributed by atoms with van der Waals surface area (Å²) in [6, 6.07) is 12.0. The van der Waals surface area contributed by atoms with Crippen molar-refractivity contribution in [2.75, 3.05) is 18.0 Å². The van der Waals surface area contributed by atoms with Crippen LogP contribution in [0.4, 0.5) is 10.2 Å². The predicted molar refractivity (Wildman–Crippen MR) is 98.0 cm³/mol. The summed E-state index contributed by atoms with van der Waals surface area (Å²) in [5, 5.41) is 4.07. The van der Waals surface area contributed by atoms with E-state index < -0.39 is 11.4 Å². The Morgan fingerprint density at radius 3 is 2.79 bits per heavy atom. The van der Waals surface area contributed by atoms with Crippen LogP contribution in [0, 0.1) is 5.82 Å². The topological polar surface area (TPSA) is 63.0 Å². The zero-order chi connectivity index (χ0) is 18.9. The van der Waals surface area contributed by atoms with Gasteiger partial charge in [0.25, 0.3) is 5.91 Å². The van der Waals surface area contributed by atoms with Crippen molar-refractivity contribution < 1.29 is 13.9 Å². The Kier molecular flexibility index (Phi) is 3.15. The number of anilines is 1. The zero-order valence-electron chi connectivity index (χ0n) is 15.0. The Balaban J connectivity index is 1.27. The molecule has 0 aliphatic carbocycles. The Morgan fingerprint density at radius 2 is 1.96 bits per heavy atom. The predicted octanol–water partition coefficient (Wildman–Crippen LogP) is 2.15. The van der Waals surface area contributed by atoms with Gasteiger partial charge < -0.3 is 14.5 Å². The molecule has 0 radical (unpaired) electrons. The van der Waals surface area contributed by atoms with Crippen molar-refractivity contribution in [3.63, 3.8) is 0 Å². The van der Waals surface area contributed by atoms with Crippen LogP contribution in [0.15, 0.2) is 48.8 Å². The first-order valence-corrected chi connectivity index (χ1v) is 9.45. The number of amides is 1. The molecule has 2 atom stereocenters. The van der Waals surface area contributed by atoms with Gasteiger partial charge in [-0.05, 0) is 24.5 Å². The molecule has 1 amide bonds. The molecule has 3 aromatic rings. The van der Waals surface area contributed by atoms with Crippen molar-refractivity contribution in [3.05, 3.63) is 60.2 Å². The molecule has 3 saturated heterocycles. The summed E-state index contributed by atoms with van der Waals surface area (Å²) >= 11 is 0. The lowest BCUT2D eigenvalue weighted by atomic mass is 9.92. The molecule has 0 unspecified atom stereocenters. The number of halogens is 1. The van der Waals surface area contributed by atoms with Gasteiger partial charge in [0, 0.05) is 6.20 Å². The number of hydrogen-bond acceptors (Lipinski definition) is 5. The van der Waals surface area contributed by atoms with Gasteiger partial charge in [-0.1, -0.05) is 30.3 Å². The number of hydrogen-bond donors (Lipinski definition) is 0. The van der Waals surface area contributed by atoms with Gasteiger partial charge in [0.15, 0.2) is 17.1 Å². The fourth-order valence-electron chi connectivity index (χ4n) is 4.75. The lowest BCUT2D eigenvalue weighted by molar-refractivity contribution is -0.140. The Labute approximate surface area is 160 Å². The second-order valence-corrected chi connectivity index (χ2v) is 7.67. The van der Waals surface area contributed by atoms with Crippen LogP contribution < -0.4 is 4.90 Å². The smallest absolute Gasteiger partial charge is 0.261 e. The molecule has 5 heterocycles. The highest BCUT2D eigenvalue weighted by Crippen LogP contribution is 2.47. The normalized spacial score (nSPS) is 25.5. The van der Waals surface area contributed by atoms with Crippen LogP contribution in [0.1, 0.15) is 24.4 Å². The molecule has 8 heteroatoms. The van der Waals surface area contributed by atoms with E-state index in [9.17, 15) is 9.18 Å². The van der Waals surface area contributed by atoms with Gasteiger partial charge in [-0.25, -0.2) is 9.37 Å². The number of carbonyl (C=O) groups excluding carboxylic acids is 1. The molecule has 1 aromatic carbocycles. The molecule has 142 valence electrons. The minimum Gasteiger partial charge on any atom is -0.349 e. The first kappa shape index (κ1) is 16.0. The molecular formula is C20H18FN5O2. The number of carbonyl (C=O) groups is 1. The number of rotatable bonds is 2. The summed E-state index contributed by atoms with van der Waals surface area (Å²) in [7, 11) is 0. The van der Waals surface area contributed by atoms with Crippen molar-refractivity contribution in [2.24, 2.45) is 0 Å². The summed E-state index contributed by atoms with van der Waals surface area (Å²) in [6.07, 6.45) is 4.30. The molecule has 0 saturated carbocycles. The lowest BCUT2D eigenvalue weighted by Gasteiger charge is -2.46. The average molecular weight is 379 g/mol. The van der Waals surface area contributed by atoms with Crippen LogP contribution in [0.3, 0.4) is 0 Å². The fourth-order valence-corrected chi connectivity index (χ4v) is 4.75. The summed E-state index contributed by atoms with van der Waals surface area (Å²) < 4.78 is 21.5. The van der Waals surface area contributed by atoms with Crippen LogP contribution in [0.25, 0.3) is 5.65 Å². The third kappa shape index (κ3) is 2.03. The Bertz CT molecular complexity index is 1080. The highest BCUT2D eigenvalue weighted by Gasteiger charge is 2.63. The summed E-state index contributed by atoms with van der Waals surface area (Å²) in [5.41, 5.74) is 0.513. The van der Waals surface area contributed by atoms with Gasteiger partial charge in [-0.15, -0.1) is 0 Å². The van der Waals surface area contributed by atoms with Crippen LogP contribution in [0.5, 0.6) is 0 Å². The fraction of sp³-hybridized carbons (Fsp3) is 0.350. The van der Waals surface area contributed by atoms with E-state index in [4.69, 9.17) is 4.74 Å². The molecule has 3 aliphatic heterocycles. The van der Waals surface area contributed by atoms with Gasteiger partial charge >= 0.3 is 0 Å². The van der Waals surface area contributed by atoms with Crippen LogP contribution in [0.2, 0.25) is 0 Å². The Hall–Kier alpha value is -3.00. The SMILES string of the molecule is O=C1N2[C@@H](CC[C@H]2c2ccccc2)OC12CN(c1ccnc3c(F)cnn13)C2. The Morgan fingerprint density at radius 1 is 1.14 bits per heavy atom. The maximum atomic E-state index is 13.8. The quantitative estimate of drug-likeness (QED) is 0.683. The number of nitrogens with zero attached hydrogens (tertiary/aromatic N) is 5. The van der Waals surface area contributed by atoms with E-state index in [0.29, 0.717) is 18.9 Å². The van der Waals surface area contributed by atoms with E-state index in [-0.39, 0.29) is 23.8 Å². The van der Waals surface area contributed by atoms with E-state index >= 15 is 0 Å². The molecule has 3 fully saturated rings. The number of fused-ring (bicyclic) bond motifs is 2. The first-order chi connectivity index (χ1) is 13.7. The summed E-state index contributed by atoms with van der Waals surface area (Å²) in [6.45, 7) is 0.863. The highest BCUT2D eigenvalue weighted by molar-refractivity contribution is 5.91. The van der Waals surface area contributed by atoms with E-state index in [0.717, 1.165) is 24.6 Å². The van der Waals surface area contributed by atoms with E-state index in [1.165, 1.54) is 4.52 Å². The highest BCUT2D eigenvalue weighted by atomic mass is 19.1. The zero-order valence-corrected chi connectivity index (χ0v) is 15.0. The second-order valence-electron chi connectivity index (χ2n) is 7.67. The third-order valence-electron chi connectivity index (χ3n) is 6.06. The van der Waals surface area contributed by atoms with Crippen LogP contribution in [-0.2, 0) is 9.53 Å². The van der Waals surface area contributed by atoms with E-state index in [1.54, 1.807) is 12.3 Å². The third-order valence-corrected chi connectivity index (χ3v) is 6.06. The second kappa shape index (κ2) is 5.51. The maximum absolute atomic E-state index is 13.8. The number of aromatic nitrogens is 3. The minimum atomic E-state index is -0.820. The molecular weight excluding hydrogens is 361 g/mol. The van der Waals surface area contributed by atoms with Crippen LogP contribution in [-0.4, -0.2) is 50.3 Å². The molecule has 3 aliphatic rings. The minimum absolute atomic E-state index is 0.0528. The molecule has 0 bridgehead atoms. The molecule has 7 nitrogen and oxygen atoms in total. The molecule has 28 heavy (non-hydrogen) atoms. The molecule has 2 aromatic heterocycles. The first-order valence-electron chi connectivity index (χ1n) is 9.45. The van der Waals surface area contributed by atoms with Gasteiger partial charge in [-0.2, -0.15) is 9.61 Å². The maximum Gasteiger partial charge on any atom is 0.261 e. The molecule has 0 N–H and O–H groups in total. The molecule has 1 spiro atoms. The standard InChI is InChI=1S/C20H18FN5O2/c21-14-10-23-26-16(8-9-22-18(14)26)24-11-20(12-24)19(27)25-15(6-7-17(25)28-20)13-4-2-1-3-5-13/h1-5,8-10,15,17H,6-7,11-12H2/t15-,17+/m0/s1. The van der Waals surface area contributed by atoms with Gasteiger partial charge in [0.2, 0.25) is 0 Å². The van der Waals surface area contributed by atoms with E-state index in [2.05, 4.69) is 22.2 Å². The average Bonchev–Trinajstić information content (AvgIpc) is 3.35. The number of ether oxygens (including phenoxy) is 1. The largest absolute Gasteiger partial charge is 0.349 e. The lowest BCUT2D eigenvalue weighted by Crippen LogP contribution is -2.67. The van der Waals surface area contributed by atoms with Crippen molar-refractivity contribution in [1.29, 1.82) is 0 Å². The van der Waals surface area contributed by atoms with Gasteiger partial charge in [0.05, 0.1) is 25.3 Å². The number of benzene rings is 1. The van der Waals surface area contributed by atoms with Crippen molar-refractivity contribution in [3.8, 4) is 0 Å². The van der Waals surface area contributed by atoms with Crippen molar-refractivity contribution in [1.82, 2.24) is 19.5 Å². The van der Waals surface area contributed by atoms with E-state index in [1.807, 2.05) is 28.0 Å².